The lowest BCUT2D eigenvalue weighted by molar-refractivity contribution is -0.145. The van der Waals surface area contributed by atoms with Crippen LogP contribution in [0.4, 0.5) is 0 Å². The third kappa shape index (κ3) is 2.61. The van der Waals surface area contributed by atoms with E-state index < -0.39 is 5.41 Å². The molecule has 0 radical (unpaired) electrons. The highest BCUT2D eigenvalue weighted by molar-refractivity contribution is 5.97. The molecule has 2 aliphatic rings. The van der Waals surface area contributed by atoms with Crippen LogP contribution in [0.2, 0.25) is 0 Å². The van der Waals surface area contributed by atoms with Gasteiger partial charge in [0.05, 0.1) is 25.7 Å². The summed E-state index contributed by atoms with van der Waals surface area (Å²) in [6.45, 7) is 0.727. The first kappa shape index (κ1) is 13.6. The number of Topliss-reactive ketones (excluding diaryl/α,β-unsaturated/α-hetero) is 1. The third-order valence-electron chi connectivity index (χ3n) is 3.54. The van der Waals surface area contributed by atoms with Crippen LogP contribution in [-0.2, 0) is 19.1 Å². The zero-order chi connectivity index (χ0) is 13.9. The molecule has 2 fully saturated rings. The molecule has 2 rings (SSSR count). The van der Waals surface area contributed by atoms with Gasteiger partial charge >= 0.3 is 5.97 Å². The number of allylic oxidation sites excluding steroid dienone is 2. The number of esters is 1. The Labute approximate surface area is 112 Å². The van der Waals surface area contributed by atoms with Crippen LogP contribution in [0.1, 0.15) is 19.3 Å². The zero-order valence-electron chi connectivity index (χ0n) is 10.9. The Morgan fingerprint density at radius 3 is 2.79 bits per heavy atom. The molecule has 0 atom stereocenters. The van der Waals surface area contributed by atoms with Crippen molar-refractivity contribution in [2.75, 3.05) is 20.3 Å². The number of terminal acetylenes is 1. The van der Waals surface area contributed by atoms with Gasteiger partial charge in [0.1, 0.15) is 0 Å². The van der Waals surface area contributed by atoms with Gasteiger partial charge in [0.2, 0.25) is 0 Å². The second kappa shape index (κ2) is 5.41. The molecule has 0 N–H and O–H groups in total. The molecule has 19 heavy (non-hydrogen) atoms. The van der Waals surface area contributed by atoms with Gasteiger partial charge in [-0.05, 0) is 30.6 Å². The first-order chi connectivity index (χ1) is 9.14. The predicted molar refractivity (Wildman–Crippen MR) is 69.1 cm³/mol. The van der Waals surface area contributed by atoms with E-state index >= 15 is 0 Å². The predicted octanol–water partition coefficient (Wildman–Crippen LogP) is 1.41. The van der Waals surface area contributed by atoms with Gasteiger partial charge in [-0.3, -0.25) is 9.59 Å². The van der Waals surface area contributed by atoms with E-state index in [1.165, 1.54) is 7.11 Å². The van der Waals surface area contributed by atoms with Crippen LogP contribution in [0.5, 0.6) is 0 Å². The van der Waals surface area contributed by atoms with Crippen LogP contribution < -0.4 is 0 Å². The molecule has 0 bridgehead atoms. The Morgan fingerprint density at radius 1 is 1.53 bits per heavy atom. The number of rotatable bonds is 3. The summed E-state index contributed by atoms with van der Waals surface area (Å²) < 4.78 is 10.1. The summed E-state index contributed by atoms with van der Waals surface area (Å²) in [5.74, 6) is 2.19. The summed E-state index contributed by atoms with van der Waals surface area (Å²) in [5.41, 5.74) is 0.588. The van der Waals surface area contributed by atoms with Gasteiger partial charge in [0, 0.05) is 12.0 Å². The maximum Gasteiger partial charge on any atom is 0.316 e. The standard InChI is InChI=1S/C15H16O4/c1-3-4-12(15(6-7-15)14(17)18-2)9-11-10-19-8-5-13(11)16/h1,4,9H,5-8,10H2,2H3/b11-9+,12-4+. The largest absolute Gasteiger partial charge is 0.468 e. The SMILES string of the molecule is C#C/C=C(\C=C1/COCCC1=O)C1(C(=O)OC)CC1. The summed E-state index contributed by atoms with van der Waals surface area (Å²) in [7, 11) is 1.36. The van der Waals surface area contributed by atoms with Gasteiger partial charge in [-0.1, -0.05) is 5.92 Å². The second-order valence-corrected chi connectivity index (χ2v) is 4.74. The molecule has 0 spiro atoms. The lowest BCUT2D eigenvalue weighted by Crippen LogP contribution is -2.22. The van der Waals surface area contributed by atoms with Crippen LogP contribution in [-0.4, -0.2) is 32.1 Å². The van der Waals surface area contributed by atoms with Crippen molar-refractivity contribution >= 4 is 11.8 Å². The van der Waals surface area contributed by atoms with E-state index in [1.807, 2.05) is 0 Å². The van der Waals surface area contributed by atoms with Crippen LogP contribution in [0.3, 0.4) is 0 Å². The molecule has 0 unspecified atom stereocenters. The third-order valence-corrected chi connectivity index (χ3v) is 3.54. The molecule has 1 heterocycles. The molecule has 0 aromatic heterocycles. The number of ketones is 1. The summed E-state index contributed by atoms with van der Waals surface area (Å²) in [6.07, 6.45) is 10.3. The van der Waals surface area contributed by atoms with Crippen molar-refractivity contribution in [3.63, 3.8) is 0 Å². The lowest BCUT2D eigenvalue weighted by atomic mass is 9.92. The van der Waals surface area contributed by atoms with E-state index in [0.29, 0.717) is 37.0 Å². The summed E-state index contributed by atoms with van der Waals surface area (Å²) in [6, 6.07) is 0. The molecule has 100 valence electrons. The number of hydrogen-bond acceptors (Lipinski definition) is 4. The van der Waals surface area contributed by atoms with Gasteiger partial charge in [0.15, 0.2) is 5.78 Å². The summed E-state index contributed by atoms with van der Waals surface area (Å²) in [5, 5.41) is 0. The van der Waals surface area contributed by atoms with Gasteiger partial charge in [0.25, 0.3) is 0 Å². The van der Waals surface area contributed by atoms with E-state index in [1.54, 1.807) is 12.2 Å². The van der Waals surface area contributed by atoms with Crippen molar-refractivity contribution in [2.45, 2.75) is 19.3 Å². The smallest absolute Gasteiger partial charge is 0.316 e. The normalized spacial score (nSPS) is 23.9. The fourth-order valence-corrected chi connectivity index (χ4v) is 2.24. The molecular formula is C15H16O4. The van der Waals surface area contributed by atoms with Gasteiger partial charge in [-0.25, -0.2) is 0 Å². The number of ether oxygens (including phenoxy) is 2. The Hall–Kier alpha value is -1.86. The molecule has 0 aromatic rings. The van der Waals surface area contributed by atoms with Crippen molar-refractivity contribution in [3.8, 4) is 12.3 Å². The molecule has 0 aromatic carbocycles. The average molecular weight is 260 g/mol. The minimum atomic E-state index is -0.661. The first-order valence-corrected chi connectivity index (χ1v) is 6.21. The molecule has 4 heteroatoms. The maximum atomic E-state index is 11.9. The van der Waals surface area contributed by atoms with Gasteiger partial charge < -0.3 is 9.47 Å². The first-order valence-electron chi connectivity index (χ1n) is 6.21. The van der Waals surface area contributed by atoms with E-state index in [-0.39, 0.29) is 18.4 Å². The maximum absolute atomic E-state index is 11.9. The Morgan fingerprint density at radius 2 is 2.26 bits per heavy atom. The minimum Gasteiger partial charge on any atom is -0.468 e. The van der Waals surface area contributed by atoms with Crippen molar-refractivity contribution in [3.05, 3.63) is 23.3 Å². The van der Waals surface area contributed by atoms with Crippen LogP contribution >= 0.6 is 0 Å². The van der Waals surface area contributed by atoms with Gasteiger partial charge in [-0.15, -0.1) is 6.42 Å². The Balaban J connectivity index is 2.30. The molecule has 0 amide bonds. The van der Waals surface area contributed by atoms with Crippen molar-refractivity contribution < 1.29 is 19.1 Å². The average Bonchev–Trinajstić information content (AvgIpc) is 3.21. The van der Waals surface area contributed by atoms with Crippen molar-refractivity contribution in [2.24, 2.45) is 5.41 Å². The highest BCUT2D eigenvalue weighted by Gasteiger charge is 2.53. The monoisotopic (exact) mass is 260 g/mol. The molecule has 4 nitrogen and oxygen atoms in total. The lowest BCUT2D eigenvalue weighted by Gasteiger charge is -2.17. The Bertz CT molecular complexity index is 501. The second-order valence-electron chi connectivity index (χ2n) is 4.74. The minimum absolute atomic E-state index is 0.0508. The zero-order valence-corrected chi connectivity index (χ0v) is 10.9. The summed E-state index contributed by atoms with van der Waals surface area (Å²) in [4.78, 5) is 23.6. The molecular weight excluding hydrogens is 244 g/mol. The van der Waals surface area contributed by atoms with Crippen LogP contribution in [0, 0.1) is 17.8 Å². The van der Waals surface area contributed by atoms with Crippen LogP contribution in [0.15, 0.2) is 23.3 Å². The highest BCUT2D eigenvalue weighted by Crippen LogP contribution is 2.53. The number of hydrogen-bond donors (Lipinski definition) is 0. The molecule has 1 saturated heterocycles. The fraction of sp³-hybridized carbons (Fsp3) is 0.467. The number of carbonyl (C=O) groups excluding carboxylic acids is 2. The quantitative estimate of drug-likeness (QED) is 0.437. The van der Waals surface area contributed by atoms with Crippen molar-refractivity contribution in [1.29, 1.82) is 0 Å². The molecule has 1 aliphatic carbocycles. The molecule has 1 aliphatic heterocycles. The topological polar surface area (TPSA) is 52.6 Å². The van der Waals surface area contributed by atoms with Crippen molar-refractivity contribution in [1.82, 2.24) is 0 Å². The molecule has 1 saturated carbocycles. The number of carbonyl (C=O) groups is 2. The van der Waals surface area contributed by atoms with Gasteiger partial charge in [-0.2, -0.15) is 0 Å². The van der Waals surface area contributed by atoms with E-state index in [4.69, 9.17) is 15.9 Å². The Kier molecular flexibility index (Phi) is 3.87. The number of methoxy groups -OCH3 is 1. The fourth-order valence-electron chi connectivity index (χ4n) is 2.24. The highest BCUT2D eigenvalue weighted by atomic mass is 16.5. The van der Waals surface area contributed by atoms with Crippen LogP contribution in [0.25, 0.3) is 0 Å². The van der Waals surface area contributed by atoms with E-state index in [9.17, 15) is 9.59 Å². The summed E-state index contributed by atoms with van der Waals surface area (Å²) >= 11 is 0. The van der Waals surface area contributed by atoms with E-state index in [0.717, 1.165) is 0 Å². The van der Waals surface area contributed by atoms with E-state index in [2.05, 4.69) is 5.92 Å².